The topological polar surface area (TPSA) is 62.0 Å². The molecule has 0 fully saturated rings. The van der Waals surface area contributed by atoms with Crippen LogP contribution in [-0.4, -0.2) is 15.1 Å². The number of benzene rings is 4. The molecule has 0 saturated carbocycles. The zero-order valence-electron chi connectivity index (χ0n) is 16.1. The number of nitrogens with zero attached hydrogens (tertiary/aromatic N) is 1. The van der Waals surface area contributed by atoms with E-state index in [2.05, 4.69) is 49.2 Å². The number of hydrogen-bond donors (Lipinski definition) is 2. The molecule has 29 heavy (non-hydrogen) atoms. The predicted molar refractivity (Wildman–Crippen MR) is 117 cm³/mol. The molecule has 6 rings (SSSR count). The van der Waals surface area contributed by atoms with E-state index >= 15 is 0 Å². The van der Waals surface area contributed by atoms with Gasteiger partial charge >= 0.3 is 0 Å². The van der Waals surface area contributed by atoms with Crippen molar-refractivity contribution in [2.45, 2.75) is 13.8 Å². The lowest BCUT2D eigenvalue weighted by molar-refractivity contribution is 0.475. The van der Waals surface area contributed by atoms with E-state index in [9.17, 15) is 5.11 Å². The summed E-state index contributed by atoms with van der Waals surface area (Å²) >= 11 is 0. The second-order valence-corrected chi connectivity index (χ2v) is 7.64. The lowest BCUT2D eigenvalue weighted by Crippen LogP contribution is -1.85. The van der Waals surface area contributed by atoms with Crippen molar-refractivity contribution in [1.82, 2.24) is 9.97 Å². The molecule has 0 radical (unpaired) electrons. The molecule has 140 valence electrons. The van der Waals surface area contributed by atoms with Crippen LogP contribution in [0.3, 0.4) is 0 Å². The summed E-state index contributed by atoms with van der Waals surface area (Å²) in [6, 6.07) is 17.8. The Labute approximate surface area is 166 Å². The second kappa shape index (κ2) is 5.61. The van der Waals surface area contributed by atoms with Crippen molar-refractivity contribution < 1.29 is 9.52 Å². The van der Waals surface area contributed by atoms with Crippen LogP contribution in [0.5, 0.6) is 5.75 Å². The average Bonchev–Trinajstić information content (AvgIpc) is 3.32. The van der Waals surface area contributed by atoms with E-state index in [1.54, 1.807) is 12.1 Å². The van der Waals surface area contributed by atoms with Crippen LogP contribution in [0, 0.1) is 13.8 Å². The zero-order chi connectivity index (χ0) is 19.7. The van der Waals surface area contributed by atoms with Gasteiger partial charge in [-0.2, -0.15) is 0 Å². The molecular formula is C25H18N2O2. The molecule has 0 unspecified atom stereocenters. The Balaban J connectivity index is 1.85. The van der Waals surface area contributed by atoms with Gasteiger partial charge in [0.25, 0.3) is 0 Å². The van der Waals surface area contributed by atoms with Crippen LogP contribution in [0.1, 0.15) is 11.1 Å². The Hall–Kier alpha value is -3.79. The Morgan fingerprint density at radius 3 is 2.45 bits per heavy atom. The van der Waals surface area contributed by atoms with Crippen molar-refractivity contribution in [2.75, 3.05) is 0 Å². The van der Waals surface area contributed by atoms with Gasteiger partial charge < -0.3 is 14.5 Å². The highest BCUT2D eigenvalue weighted by atomic mass is 16.3. The molecule has 2 aromatic heterocycles. The summed E-state index contributed by atoms with van der Waals surface area (Å²) < 4.78 is 6.00. The number of aromatic hydroxyl groups is 1. The van der Waals surface area contributed by atoms with E-state index in [0.29, 0.717) is 0 Å². The summed E-state index contributed by atoms with van der Waals surface area (Å²) in [7, 11) is 0. The third kappa shape index (κ3) is 2.17. The molecule has 6 aromatic rings. The number of aryl methyl sites for hydroxylation is 2. The van der Waals surface area contributed by atoms with Crippen LogP contribution < -0.4 is 0 Å². The number of fused-ring (bicyclic) bond motifs is 8. The standard InChI is InChI=1S/C25H18N2O2/c1-13-4-3-5-18-17(13)10-11-19-21(18)23-22(20-14(2)12-29-24(19)20)26-25(27-23)15-6-8-16(28)9-7-15/h3-12,28H,1-2H3,(H,26,27). The minimum Gasteiger partial charge on any atom is -0.508 e. The van der Waals surface area contributed by atoms with Gasteiger partial charge in [-0.3, -0.25) is 0 Å². The van der Waals surface area contributed by atoms with Crippen LogP contribution in [0.25, 0.3) is 54.9 Å². The quantitative estimate of drug-likeness (QED) is 0.317. The molecule has 0 bridgehead atoms. The first-order valence-electron chi connectivity index (χ1n) is 9.63. The molecule has 0 aliphatic carbocycles. The summed E-state index contributed by atoms with van der Waals surface area (Å²) in [6.45, 7) is 4.19. The monoisotopic (exact) mass is 378 g/mol. The summed E-state index contributed by atoms with van der Waals surface area (Å²) in [5.41, 5.74) is 6.05. The molecule has 0 spiro atoms. The summed E-state index contributed by atoms with van der Waals surface area (Å²) in [4.78, 5) is 8.53. The minimum absolute atomic E-state index is 0.241. The SMILES string of the molecule is Cc1cccc2c1ccc1c3occ(C)c3c3[nH]c(-c4ccc(O)cc4)nc3c21. The largest absolute Gasteiger partial charge is 0.508 e. The van der Waals surface area contributed by atoms with Crippen LogP contribution >= 0.6 is 0 Å². The number of aromatic amines is 1. The molecule has 2 heterocycles. The number of rotatable bonds is 1. The van der Waals surface area contributed by atoms with Gasteiger partial charge in [0, 0.05) is 21.7 Å². The molecule has 0 atom stereocenters. The normalized spacial score (nSPS) is 11.9. The number of furan rings is 1. The Bertz CT molecular complexity index is 1570. The molecule has 4 nitrogen and oxygen atoms in total. The third-order valence-corrected chi connectivity index (χ3v) is 5.83. The number of imidazole rings is 1. The van der Waals surface area contributed by atoms with Crippen molar-refractivity contribution in [3.63, 3.8) is 0 Å². The van der Waals surface area contributed by atoms with E-state index < -0.39 is 0 Å². The molecule has 0 aliphatic heterocycles. The Morgan fingerprint density at radius 1 is 0.828 bits per heavy atom. The van der Waals surface area contributed by atoms with E-state index in [0.717, 1.165) is 49.7 Å². The number of aromatic nitrogens is 2. The van der Waals surface area contributed by atoms with Gasteiger partial charge in [-0.1, -0.05) is 24.3 Å². The second-order valence-electron chi connectivity index (χ2n) is 7.64. The van der Waals surface area contributed by atoms with Gasteiger partial charge in [0.15, 0.2) is 0 Å². The molecule has 4 aromatic carbocycles. The molecule has 2 N–H and O–H groups in total. The molecular weight excluding hydrogens is 360 g/mol. The predicted octanol–water partition coefficient (Wildman–Crippen LogP) is 6.60. The number of hydrogen-bond acceptors (Lipinski definition) is 3. The molecule has 0 amide bonds. The van der Waals surface area contributed by atoms with E-state index in [1.165, 1.54) is 16.3 Å². The third-order valence-electron chi connectivity index (χ3n) is 5.83. The summed E-state index contributed by atoms with van der Waals surface area (Å²) in [5, 5.41) is 15.3. The summed E-state index contributed by atoms with van der Waals surface area (Å²) in [5.74, 6) is 1.02. The Morgan fingerprint density at radius 2 is 1.62 bits per heavy atom. The van der Waals surface area contributed by atoms with Gasteiger partial charge in [0.2, 0.25) is 0 Å². The highest BCUT2D eigenvalue weighted by Crippen LogP contribution is 2.41. The highest BCUT2D eigenvalue weighted by Gasteiger charge is 2.19. The van der Waals surface area contributed by atoms with Crippen molar-refractivity contribution in [3.8, 4) is 17.1 Å². The Kier molecular flexibility index (Phi) is 3.13. The van der Waals surface area contributed by atoms with Gasteiger partial charge in [0.05, 0.1) is 17.3 Å². The maximum Gasteiger partial charge on any atom is 0.144 e. The molecule has 4 heteroatoms. The minimum atomic E-state index is 0.241. The van der Waals surface area contributed by atoms with E-state index in [-0.39, 0.29) is 5.75 Å². The van der Waals surface area contributed by atoms with Crippen molar-refractivity contribution in [3.05, 3.63) is 72.0 Å². The van der Waals surface area contributed by atoms with Crippen molar-refractivity contribution >= 4 is 43.5 Å². The fraction of sp³-hybridized carbons (Fsp3) is 0.0800. The maximum absolute atomic E-state index is 9.64. The average molecular weight is 378 g/mol. The van der Waals surface area contributed by atoms with Gasteiger partial charge in [-0.15, -0.1) is 0 Å². The lowest BCUT2D eigenvalue weighted by Gasteiger charge is -2.08. The molecule has 0 aliphatic rings. The van der Waals surface area contributed by atoms with Gasteiger partial charge in [-0.25, -0.2) is 4.98 Å². The maximum atomic E-state index is 9.64. The lowest BCUT2D eigenvalue weighted by atomic mass is 9.96. The van der Waals surface area contributed by atoms with E-state index in [1.807, 2.05) is 18.4 Å². The fourth-order valence-corrected chi connectivity index (χ4v) is 4.40. The number of phenolic OH excluding ortho intramolecular Hbond substituents is 1. The highest BCUT2D eigenvalue weighted by molar-refractivity contribution is 6.29. The van der Waals surface area contributed by atoms with Crippen LogP contribution in [-0.2, 0) is 0 Å². The van der Waals surface area contributed by atoms with E-state index in [4.69, 9.17) is 9.40 Å². The smallest absolute Gasteiger partial charge is 0.144 e. The fourth-order valence-electron chi connectivity index (χ4n) is 4.40. The number of phenols is 1. The number of H-pyrrole nitrogens is 1. The van der Waals surface area contributed by atoms with Gasteiger partial charge in [0.1, 0.15) is 17.2 Å². The van der Waals surface area contributed by atoms with Crippen molar-refractivity contribution in [1.29, 1.82) is 0 Å². The van der Waals surface area contributed by atoms with Crippen molar-refractivity contribution in [2.24, 2.45) is 0 Å². The first-order valence-corrected chi connectivity index (χ1v) is 9.63. The first kappa shape index (κ1) is 16.2. The first-order chi connectivity index (χ1) is 14.1. The van der Waals surface area contributed by atoms with Crippen LogP contribution in [0.2, 0.25) is 0 Å². The molecule has 0 saturated heterocycles. The van der Waals surface area contributed by atoms with Crippen LogP contribution in [0.15, 0.2) is 65.3 Å². The van der Waals surface area contributed by atoms with Gasteiger partial charge in [-0.05, 0) is 66.1 Å². The summed E-state index contributed by atoms with van der Waals surface area (Å²) in [6.07, 6.45) is 1.81. The zero-order valence-corrected chi connectivity index (χ0v) is 16.1. The van der Waals surface area contributed by atoms with Crippen LogP contribution in [0.4, 0.5) is 0 Å². The number of nitrogens with one attached hydrogen (secondary N) is 1.